The summed E-state index contributed by atoms with van der Waals surface area (Å²) >= 11 is 1.88. The average molecular weight is 311 g/mol. The summed E-state index contributed by atoms with van der Waals surface area (Å²) in [7, 11) is 0. The summed E-state index contributed by atoms with van der Waals surface area (Å²) in [6.07, 6.45) is 2.48. The van der Waals surface area contributed by atoms with E-state index >= 15 is 0 Å². The van der Waals surface area contributed by atoms with Crippen molar-refractivity contribution in [3.63, 3.8) is 0 Å². The van der Waals surface area contributed by atoms with Gasteiger partial charge in [0.2, 0.25) is 0 Å². The van der Waals surface area contributed by atoms with Gasteiger partial charge in [0.05, 0.1) is 12.3 Å². The monoisotopic (exact) mass is 310 g/mol. The van der Waals surface area contributed by atoms with E-state index in [-0.39, 0.29) is 17.0 Å². The molecule has 0 unspecified atom stereocenters. The van der Waals surface area contributed by atoms with Crippen molar-refractivity contribution in [2.45, 2.75) is 12.8 Å². The molecule has 0 N–H and O–H groups in total. The van der Waals surface area contributed by atoms with Crippen LogP contribution in [-0.2, 0) is 0 Å². The highest BCUT2D eigenvalue weighted by Crippen LogP contribution is 2.21. The van der Waals surface area contributed by atoms with Crippen molar-refractivity contribution in [1.82, 2.24) is 0 Å². The molecule has 17 heavy (non-hydrogen) atoms. The number of amidine groups is 1. The predicted octanol–water partition coefficient (Wildman–Crippen LogP) is -0.611. The third-order valence-electron chi connectivity index (χ3n) is 3.04. The fourth-order valence-electron chi connectivity index (χ4n) is 2.19. The van der Waals surface area contributed by atoms with E-state index in [2.05, 4.69) is 39.9 Å². The number of hydrogen-bond donors (Lipinski definition) is 0. The van der Waals surface area contributed by atoms with Gasteiger partial charge in [-0.15, -0.1) is 0 Å². The van der Waals surface area contributed by atoms with E-state index in [1.54, 1.807) is 0 Å². The highest BCUT2D eigenvalue weighted by Gasteiger charge is 2.30. The number of fused-ring (bicyclic) bond motifs is 1. The second-order valence-corrected chi connectivity index (χ2v) is 5.07. The molecule has 2 heterocycles. The molecule has 0 spiro atoms. The molecule has 0 aliphatic carbocycles. The first-order valence-corrected chi connectivity index (χ1v) is 6.80. The highest BCUT2D eigenvalue weighted by atomic mass is 79.9. The summed E-state index contributed by atoms with van der Waals surface area (Å²) in [6, 6.07) is 10.7. The number of benzene rings is 1. The second-order valence-electron chi connectivity index (χ2n) is 4.12. The maximum absolute atomic E-state index is 4.65. The standard InChI is InChI=1S/C13H15N2S.BrH/c1-2-6-11(7-3-1)12-10-16-13-14-8-4-5-9-15(12)13;/h1-3,6-7H,4-5,8-10H2;1H/q+1;/p-1. The van der Waals surface area contributed by atoms with Crippen LogP contribution in [0.25, 0.3) is 0 Å². The van der Waals surface area contributed by atoms with Gasteiger partial charge in [0, 0.05) is 5.56 Å². The maximum atomic E-state index is 4.65. The summed E-state index contributed by atoms with van der Waals surface area (Å²) in [5.41, 5.74) is 2.79. The van der Waals surface area contributed by atoms with Crippen LogP contribution in [0.4, 0.5) is 0 Å². The highest BCUT2D eigenvalue weighted by molar-refractivity contribution is 8.14. The van der Waals surface area contributed by atoms with Crippen LogP contribution < -0.4 is 17.0 Å². The molecule has 90 valence electrons. The Morgan fingerprint density at radius 2 is 1.94 bits per heavy atom. The Kier molecular flexibility index (Phi) is 4.40. The quantitative estimate of drug-likeness (QED) is 0.632. The lowest BCUT2D eigenvalue weighted by Crippen LogP contribution is -3.00. The molecule has 3 rings (SSSR count). The first-order chi connectivity index (χ1) is 7.95. The predicted molar refractivity (Wildman–Crippen MR) is 69.7 cm³/mol. The van der Waals surface area contributed by atoms with E-state index in [4.69, 9.17) is 0 Å². The third kappa shape index (κ3) is 2.63. The molecule has 0 amide bonds. The maximum Gasteiger partial charge on any atom is 0.354 e. The zero-order valence-electron chi connectivity index (χ0n) is 9.60. The number of rotatable bonds is 1. The summed E-state index contributed by atoms with van der Waals surface area (Å²) in [5, 5.41) is 1.23. The molecule has 0 saturated heterocycles. The average Bonchev–Trinajstić information content (AvgIpc) is 2.60. The Morgan fingerprint density at radius 1 is 1.12 bits per heavy atom. The Hall–Kier alpha value is -0.610. The molecule has 0 radical (unpaired) electrons. The van der Waals surface area contributed by atoms with Gasteiger partial charge in [-0.05, 0) is 24.6 Å². The van der Waals surface area contributed by atoms with Crippen molar-refractivity contribution in [1.29, 1.82) is 0 Å². The molecule has 2 nitrogen and oxygen atoms in total. The van der Waals surface area contributed by atoms with E-state index in [0.29, 0.717) is 0 Å². The normalized spacial score (nSPS) is 19.2. The van der Waals surface area contributed by atoms with Crippen LogP contribution in [0.2, 0.25) is 0 Å². The van der Waals surface area contributed by atoms with Gasteiger partial charge in [-0.1, -0.05) is 35.3 Å². The third-order valence-corrected chi connectivity index (χ3v) is 4.06. The van der Waals surface area contributed by atoms with E-state index in [1.165, 1.54) is 29.3 Å². The minimum absolute atomic E-state index is 0. The van der Waals surface area contributed by atoms with Crippen LogP contribution in [0.3, 0.4) is 0 Å². The number of thioether (sulfide) groups is 1. The topological polar surface area (TPSA) is 15.4 Å². The zero-order valence-corrected chi connectivity index (χ0v) is 12.0. The molecule has 1 aromatic rings. The van der Waals surface area contributed by atoms with Gasteiger partial charge >= 0.3 is 5.17 Å². The Balaban J connectivity index is 0.00000108. The molecule has 0 saturated carbocycles. The van der Waals surface area contributed by atoms with Crippen molar-refractivity contribution in [2.24, 2.45) is 4.99 Å². The lowest BCUT2D eigenvalue weighted by Gasteiger charge is -2.02. The summed E-state index contributed by atoms with van der Waals surface area (Å²) in [4.78, 5) is 4.65. The van der Waals surface area contributed by atoms with Gasteiger partial charge < -0.3 is 17.0 Å². The fourth-order valence-corrected chi connectivity index (χ4v) is 3.32. The molecule has 4 heteroatoms. The van der Waals surface area contributed by atoms with Crippen molar-refractivity contribution in [3.8, 4) is 0 Å². The molecular weight excluding hydrogens is 296 g/mol. The van der Waals surface area contributed by atoms with E-state index in [1.807, 2.05) is 11.8 Å². The van der Waals surface area contributed by atoms with Crippen molar-refractivity contribution in [2.75, 3.05) is 18.8 Å². The number of nitrogens with zero attached hydrogens (tertiary/aromatic N) is 2. The van der Waals surface area contributed by atoms with Crippen LogP contribution in [0, 0.1) is 0 Å². The van der Waals surface area contributed by atoms with E-state index < -0.39 is 0 Å². The number of halogens is 1. The first kappa shape index (κ1) is 12.8. The van der Waals surface area contributed by atoms with Crippen LogP contribution >= 0.6 is 11.8 Å². The zero-order chi connectivity index (χ0) is 10.8. The van der Waals surface area contributed by atoms with Crippen LogP contribution in [0.1, 0.15) is 18.4 Å². The Morgan fingerprint density at radius 3 is 2.76 bits per heavy atom. The van der Waals surface area contributed by atoms with Crippen LogP contribution in [0.15, 0.2) is 35.3 Å². The number of hydrogen-bond acceptors (Lipinski definition) is 2. The van der Waals surface area contributed by atoms with Gasteiger partial charge in [0.15, 0.2) is 0 Å². The van der Waals surface area contributed by atoms with E-state index in [0.717, 1.165) is 18.8 Å². The molecule has 0 aromatic heterocycles. The van der Waals surface area contributed by atoms with Crippen LogP contribution in [0.5, 0.6) is 0 Å². The van der Waals surface area contributed by atoms with Crippen molar-refractivity contribution in [3.05, 3.63) is 35.9 Å². The lowest BCUT2D eigenvalue weighted by atomic mass is 10.1. The van der Waals surface area contributed by atoms with E-state index in [9.17, 15) is 0 Å². The molecule has 0 fully saturated rings. The SMILES string of the molecule is [Br-].c1ccc(C2=[N+]3CCCCN=C3SC2)cc1. The fraction of sp³-hybridized carbons (Fsp3) is 0.385. The first-order valence-electron chi connectivity index (χ1n) is 5.81. The largest absolute Gasteiger partial charge is 1.00 e. The van der Waals surface area contributed by atoms with Gasteiger partial charge in [-0.2, -0.15) is 0 Å². The Bertz CT molecular complexity index is 454. The summed E-state index contributed by atoms with van der Waals surface area (Å²) in [5.74, 6) is 1.07. The minimum atomic E-state index is 0. The summed E-state index contributed by atoms with van der Waals surface area (Å²) < 4.78 is 2.41. The minimum Gasteiger partial charge on any atom is -1.00 e. The molecular formula is C13H15BrN2S. The van der Waals surface area contributed by atoms with Crippen LogP contribution in [-0.4, -0.2) is 34.3 Å². The molecule has 2 aliphatic rings. The smallest absolute Gasteiger partial charge is 0.354 e. The number of aliphatic imine (C=N–C) groups is 1. The molecule has 0 atom stereocenters. The van der Waals surface area contributed by atoms with Crippen molar-refractivity contribution < 1.29 is 21.6 Å². The van der Waals surface area contributed by atoms with Gasteiger partial charge in [0.25, 0.3) is 0 Å². The molecule has 1 aromatic carbocycles. The molecule has 2 aliphatic heterocycles. The molecule has 0 bridgehead atoms. The van der Waals surface area contributed by atoms with Crippen molar-refractivity contribution >= 4 is 22.6 Å². The lowest BCUT2D eigenvalue weighted by molar-refractivity contribution is -0.399. The van der Waals surface area contributed by atoms with Gasteiger partial charge in [-0.3, -0.25) is 0 Å². The van der Waals surface area contributed by atoms with Gasteiger partial charge in [0.1, 0.15) is 12.3 Å². The second kappa shape index (κ2) is 5.83. The Labute approximate surface area is 117 Å². The van der Waals surface area contributed by atoms with Gasteiger partial charge in [-0.25, -0.2) is 4.58 Å². The summed E-state index contributed by atoms with van der Waals surface area (Å²) in [6.45, 7) is 2.14.